The van der Waals surface area contributed by atoms with Gasteiger partial charge in [-0.05, 0) is 52.7 Å². The molecular weight excluding hydrogens is 405 g/mol. The van der Waals surface area contributed by atoms with Gasteiger partial charge in [-0.25, -0.2) is 0 Å². The Hall–Kier alpha value is -0.840. The number of hydrogen-bond acceptors (Lipinski definition) is 1. The molecule has 2 aromatic rings. The zero-order valence-corrected chi connectivity index (χ0v) is 14.6. The number of carbonyl (C=O) groups excluding carboxylic acids is 1. The molecule has 5 heteroatoms. The molecule has 1 atom stereocenters. The number of rotatable bonds is 3. The maximum absolute atomic E-state index is 12.3. The minimum absolute atomic E-state index is 0.148. The van der Waals surface area contributed by atoms with E-state index in [0.717, 1.165) is 14.5 Å². The Morgan fingerprint density at radius 3 is 2.60 bits per heavy atom. The fraction of sp³-hybridized carbons (Fsp3) is 0.133. The minimum atomic E-state index is -0.165. The number of nitrogens with one attached hydrogen (secondary N) is 1. The largest absolute Gasteiger partial charge is 0.345 e. The molecule has 0 spiro atoms. The molecule has 0 aliphatic heterocycles. The first-order valence-electron chi connectivity index (χ1n) is 5.99. The van der Waals surface area contributed by atoms with Gasteiger partial charge >= 0.3 is 0 Å². The van der Waals surface area contributed by atoms with Gasteiger partial charge in [-0.3, -0.25) is 4.79 Å². The monoisotopic (exact) mass is 415 g/mol. The highest BCUT2D eigenvalue weighted by atomic mass is 79.9. The van der Waals surface area contributed by atoms with Gasteiger partial charge in [-0.15, -0.1) is 0 Å². The molecule has 20 heavy (non-hydrogen) atoms. The molecule has 0 saturated carbocycles. The van der Waals surface area contributed by atoms with Crippen LogP contribution in [0.2, 0.25) is 5.02 Å². The average molecular weight is 418 g/mol. The summed E-state index contributed by atoms with van der Waals surface area (Å²) in [6.07, 6.45) is 0. The highest BCUT2D eigenvalue weighted by Gasteiger charge is 2.15. The van der Waals surface area contributed by atoms with Gasteiger partial charge in [0.1, 0.15) is 0 Å². The van der Waals surface area contributed by atoms with Crippen molar-refractivity contribution in [2.45, 2.75) is 13.0 Å². The molecule has 2 aromatic carbocycles. The van der Waals surface area contributed by atoms with Crippen LogP contribution in [0.5, 0.6) is 0 Å². The zero-order chi connectivity index (χ0) is 14.7. The quantitative estimate of drug-likeness (QED) is 0.716. The first-order valence-corrected chi connectivity index (χ1v) is 7.96. The first-order chi connectivity index (χ1) is 9.49. The second kappa shape index (κ2) is 6.74. The summed E-state index contributed by atoms with van der Waals surface area (Å²) >= 11 is 12.9. The Balaban J connectivity index is 2.20. The molecule has 1 amide bonds. The van der Waals surface area contributed by atoms with E-state index in [2.05, 4.69) is 37.2 Å². The fourth-order valence-corrected chi connectivity index (χ4v) is 2.94. The van der Waals surface area contributed by atoms with E-state index in [4.69, 9.17) is 11.6 Å². The molecule has 0 fully saturated rings. The molecule has 0 saturated heterocycles. The van der Waals surface area contributed by atoms with Crippen molar-refractivity contribution in [2.75, 3.05) is 0 Å². The Morgan fingerprint density at radius 1 is 1.20 bits per heavy atom. The third-order valence-corrected chi connectivity index (χ3v) is 4.42. The lowest BCUT2D eigenvalue weighted by Crippen LogP contribution is -2.27. The van der Waals surface area contributed by atoms with Crippen molar-refractivity contribution in [3.8, 4) is 0 Å². The summed E-state index contributed by atoms with van der Waals surface area (Å²) in [5.41, 5.74) is 1.48. The number of benzene rings is 2. The van der Waals surface area contributed by atoms with Crippen LogP contribution in [0.3, 0.4) is 0 Å². The van der Waals surface area contributed by atoms with Gasteiger partial charge in [0.25, 0.3) is 5.91 Å². The van der Waals surface area contributed by atoms with Crippen LogP contribution >= 0.6 is 43.5 Å². The lowest BCUT2D eigenvalue weighted by molar-refractivity contribution is 0.0939. The Bertz CT molecular complexity index is 646. The van der Waals surface area contributed by atoms with Crippen LogP contribution in [0.1, 0.15) is 28.9 Å². The molecule has 0 heterocycles. The van der Waals surface area contributed by atoms with Gasteiger partial charge < -0.3 is 5.32 Å². The Morgan fingerprint density at radius 2 is 1.90 bits per heavy atom. The predicted molar refractivity (Wildman–Crippen MR) is 89.2 cm³/mol. The van der Waals surface area contributed by atoms with Gasteiger partial charge in [0, 0.05) is 14.0 Å². The van der Waals surface area contributed by atoms with E-state index in [1.807, 2.05) is 43.3 Å². The van der Waals surface area contributed by atoms with Gasteiger partial charge in [0.2, 0.25) is 0 Å². The van der Waals surface area contributed by atoms with E-state index >= 15 is 0 Å². The summed E-state index contributed by atoms with van der Waals surface area (Å²) in [7, 11) is 0. The molecule has 2 rings (SSSR count). The average Bonchev–Trinajstić information content (AvgIpc) is 2.41. The van der Waals surface area contributed by atoms with Crippen LogP contribution in [0, 0.1) is 0 Å². The standard InChI is InChI=1S/C15H12Br2ClNO/c1-9(11-4-2-3-5-14(11)18)19-15(20)12-8-10(16)6-7-13(12)17/h2-9H,1H3,(H,19,20). The van der Waals surface area contributed by atoms with Crippen molar-refractivity contribution in [3.05, 3.63) is 67.6 Å². The van der Waals surface area contributed by atoms with Crippen LogP contribution < -0.4 is 5.32 Å². The third kappa shape index (κ3) is 3.62. The smallest absolute Gasteiger partial charge is 0.252 e. The number of amides is 1. The number of carbonyl (C=O) groups is 1. The topological polar surface area (TPSA) is 29.1 Å². The van der Waals surface area contributed by atoms with E-state index in [9.17, 15) is 4.79 Å². The van der Waals surface area contributed by atoms with Crippen molar-refractivity contribution < 1.29 is 4.79 Å². The normalized spacial score (nSPS) is 12.0. The van der Waals surface area contributed by atoms with Crippen molar-refractivity contribution in [1.29, 1.82) is 0 Å². The number of halogens is 3. The maximum Gasteiger partial charge on any atom is 0.252 e. The van der Waals surface area contributed by atoms with Crippen molar-refractivity contribution in [3.63, 3.8) is 0 Å². The van der Waals surface area contributed by atoms with E-state index in [0.29, 0.717) is 10.6 Å². The Labute approximate surface area is 139 Å². The van der Waals surface area contributed by atoms with Crippen molar-refractivity contribution >= 4 is 49.4 Å². The van der Waals surface area contributed by atoms with E-state index in [1.165, 1.54) is 0 Å². The molecule has 2 nitrogen and oxygen atoms in total. The molecule has 1 unspecified atom stereocenters. The molecule has 0 bridgehead atoms. The number of hydrogen-bond donors (Lipinski definition) is 1. The highest BCUT2D eigenvalue weighted by Crippen LogP contribution is 2.25. The molecule has 0 radical (unpaired) electrons. The minimum Gasteiger partial charge on any atom is -0.345 e. The fourth-order valence-electron chi connectivity index (χ4n) is 1.85. The molecule has 0 aliphatic rings. The lowest BCUT2D eigenvalue weighted by atomic mass is 10.1. The van der Waals surface area contributed by atoms with Crippen LogP contribution in [0.4, 0.5) is 0 Å². The first kappa shape index (κ1) is 15.5. The van der Waals surface area contributed by atoms with Crippen LogP contribution in [0.15, 0.2) is 51.4 Å². The van der Waals surface area contributed by atoms with Crippen molar-refractivity contribution in [2.24, 2.45) is 0 Å². The van der Waals surface area contributed by atoms with Gasteiger partial charge in [0.15, 0.2) is 0 Å². The van der Waals surface area contributed by atoms with Crippen LogP contribution in [0.25, 0.3) is 0 Å². The van der Waals surface area contributed by atoms with Crippen molar-refractivity contribution in [1.82, 2.24) is 5.32 Å². The van der Waals surface area contributed by atoms with Crippen LogP contribution in [-0.2, 0) is 0 Å². The molecule has 0 aromatic heterocycles. The summed E-state index contributed by atoms with van der Waals surface area (Å²) in [5.74, 6) is -0.148. The predicted octanol–water partition coefficient (Wildman–Crippen LogP) is 5.36. The summed E-state index contributed by atoms with van der Waals surface area (Å²) in [6, 6.07) is 12.8. The molecule has 1 N–H and O–H groups in total. The summed E-state index contributed by atoms with van der Waals surface area (Å²) in [4.78, 5) is 12.3. The summed E-state index contributed by atoms with van der Waals surface area (Å²) in [5, 5.41) is 3.59. The van der Waals surface area contributed by atoms with E-state index in [-0.39, 0.29) is 11.9 Å². The lowest BCUT2D eigenvalue weighted by Gasteiger charge is -2.16. The van der Waals surface area contributed by atoms with Gasteiger partial charge in [-0.1, -0.05) is 45.7 Å². The zero-order valence-electron chi connectivity index (χ0n) is 10.7. The highest BCUT2D eigenvalue weighted by molar-refractivity contribution is 9.11. The molecule has 0 aliphatic carbocycles. The van der Waals surface area contributed by atoms with E-state index < -0.39 is 0 Å². The second-order valence-corrected chi connectivity index (χ2v) is 6.52. The summed E-state index contributed by atoms with van der Waals surface area (Å²) < 4.78 is 1.61. The van der Waals surface area contributed by atoms with Gasteiger partial charge in [0.05, 0.1) is 11.6 Å². The third-order valence-electron chi connectivity index (χ3n) is 2.89. The summed E-state index contributed by atoms with van der Waals surface area (Å²) in [6.45, 7) is 1.91. The maximum atomic E-state index is 12.3. The molecule has 104 valence electrons. The van der Waals surface area contributed by atoms with Gasteiger partial charge in [-0.2, -0.15) is 0 Å². The SMILES string of the molecule is CC(NC(=O)c1cc(Br)ccc1Br)c1ccccc1Cl. The van der Waals surface area contributed by atoms with E-state index in [1.54, 1.807) is 6.07 Å². The second-order valence-electron chi connectivity index (χ2n) is 4.34. The van der Waals surface area contributed by atoms with Crippen LogP contribution in [-0.4, -0.2) is 5.91 Å². The Kier molecular flexibility index (Phi) is 5.24. The molecular formula is C15H12Br2ClNO.